The second-order valence-corrected chi connectivity index (χ2v) is 10.8. The second kappa shape index (κ2) is 9.56. The van der Waals surface area contributed by atoms with Crippen molar-refractivity contribution in [2.45, 2.75) is 51.6 Å². The molecule has 4 nitrogen and oxygen atoms in total. The number of pyridine rings is 1. The molecule has 5 rings (SSSR count). The Morgan fingerprint density at radius 2 is 1.83 bits per heavy atom. The van der Waals surface area contributed by atoms with Gasteiger partial charge in [0.25, 0.3) is 0 Å². The van der Waals surface area contributed by atoms with E-state index < -0.39 is 23.3 Å². The minimum Gasteiger partial charge on any atom is -0.487 e. The van der Waals surface area contributed by atoms with Crippen LogP contribution in [0.15, 0.2) is 59.2 Å². The quantitative estimate of drug-likeness (QED) is 0.253. The molecular formula is C28H27BrF3N3O. The summed E-state index contributed by atoms with van der Waals surface area (Å²) in [6, 6.07) is 14.6. The van der Waals surface area contributed by atoms with Crippen LogP contribution in [-0.4, -0.2) is 33.1 Å². The molecule has 0 radical (unpaired) electrons. The fourth-order valence-corrected chi connectivity index (χ4v) is 5.47. The molecule has 0 spiro atoms. The number of rotatable bonds is 6. The van der Waals surface area contributed by atoms with Crippen LogP contribution >= 0.6 is 15.9 Å². The number of para-hydroxylation sites is 1. The van der Waals surface area contributed by atoms with Crippen LogP contribution in [0.3, 0.4) is 0 Å². The Bertz CT molecular complexity index is 1390. The third-order valence-corrected chi connectivity index (χ3v) is 7.00. The van der Waals surface area contributed by atoms with Gasteiger partial charge in [0.15, 0.2) is 0 Å². The Hall–Kier alpha value is -2.84. The third-order valence-electron chi connectivity index (χ3n) is 6.56. The van der Waals surface area contributed by atoms with Gasteiger partial charge in [0.05, 0.1) is 11.7 Å². The molecule has 3 heterocycles. The third kappa shape index (κ3) is 4.89. The van der Waals surface area contributed by atoms with E-state index in [1.54, 1.807) is 12.1 Å². The smallest absolute Gasteiger partial charge is 0.135 e. The van der Waals surface area contributed by atoms with Gasteiger partial charge in [-0.3, -0.25) is 4.90 Å². The normalized spacial score (nSPS) is 18.4. The predicted octanol–water partition coefficient (Wildman–Crippen LogP) is 7.27. The molecule has 1 N–H and O–H groups in total. The highest BCUT2D eigenvalue weighted by Crippen LogP contribution is 2.43. The summed E-state index contributed by atoms with van der Waals surface area (Å²) in [6.07, 6.45) is 0.649. The number of alkyl halides is 1. The summed E-state index contributed by atoms with van der Waals surface area (Å²) in [5.74, 6) is -1.41. The monoisotopic (exact) mass is 557 g/mol. The van der Waals surface area contributed by atoms with Crippen LogP contribution in [0.1, 0.15) is 49.3 Å². The van der Waals surface area contributed by atoms with Crippen LogP contribution in [-0.2, 0) is 13.0 Å². The van der Waals surface area contributed by atoms with Crippen molar-refractivity contribution in [3.05, 3.63) is 93.3 Å². The Balaban J connectivity index is 1.57. The van der Waals surface area contributed by atoms with E-state index >= 15 is 8.78 Å². The van der Waals surface area contributed by atoms with Gasteiger partial charge in [0.2, 0.25) is 0 Å². The summed E-state index contributed by atoms with van der Waals surface area (Å²) in [5.41, 5.74) is 1.55. The van der Waals surface area contributed by atoms with Gasteiger partial charge in [-0.2, -0.15) is 0 Å². The lowest BCUT2D eigenvalue weighted by molar-refractivity contribution is 0.0642. The van der Waals surface area contributed by atoms with Crippen molar-refractivity contribution in [2.75, 3.05) is 6.54 Å². The van der Waals surface area contributed by atoms with Crippen molar-refractivity contribution in [3.63, 3.8) is 0 Å². The Morgan fingerprint density at radius 3 is 2.53 bits per heavy atom. The maximum atomic E-state index is 15.7. The number of hydrogen-bond donors (Lipinski definition) is 1. The van der Waals surface area contributed by atoms with Crippen molar-refractivity contribution < 1.29 is 17.9 Å². The summed E-state index contributed by atoms with van der Waals surface area (Å²) in [4.78, 5) is 9.51. The van der Waals surface area contributed by atoms with Crippen LogP contribution in [0, 0.1) is 11.6 Å². The van der Waals surface area contributed by atoms with E-state index in [1.165, 1.54) is 26.0 Å². The molecule has 36 heavy (non-hydrogen) atoms. The number of halogens is 4. The summed E-state index contributed by atoms with van der Waals surface area (Å²) >= 11 is 3.30. The van der Waals surface area contributed by atoms with E-state index in [0.29, 0.717) is 22.4 Å². The second-order valence-electron chi connectivity index (χ2n) is 9.95. The van der Waals surface area contributed by atoms with Crippen molar-refractivity contribution in [2.24, 2.45) is 0 Å². The lowest BCUT2D eigenvalue weighted by atomic mass is 9.87. The molecule has 0 bridgehead atoms. The molecule has 0 saturated heterocycles. The predicted molar refractivity (Wildman–Crippen MR) is 138 cm³/mol. The Morgan fingerprint density at radius 1 is 1.11 bits per heavy atom. The molecule has 2 aromatic carbocycles. The van der Waals surface area contributed by atoms with Gasteiger partial charge in [-0.15, -0.1) is 0 Å². The number of nitrogens with zero attached hydrogens (tertiary/aromatic N) is 2. The molecule has 188 valence electrons. The summed E-state index contributed by atoms with van der Waals surface area (Å²) < 4.78 is 52.6. The zero-order chi connectivity index (χ0) is 25.6. The highest BCUT2D eigenvalue weighted by atomic mass is 79.9. The van der Waals surface area contributed by atoms with Crippen LogP contribution in [0.5, 0.6) is 5.75 Å². The first-order valence-corrected chi connectivity index (χ1v) is 12.7. The lowest BCUT2D eigenvalue weighted by Crippen LogP contribution is -2.48. The fraction of sp³-hybridized carbons (Fsp3) is 0.321. The van der Waals surface area contributed by atoms with E-state index in [-0.39, 0.29) is 30.5 Å². The number of benzene rings is 2. The van der Waals surface area contributed by atoms with E-state index in [2.05, 4.69) is 25.9 Å². The minimum absolute atomic E-state index is 0.0271. The minimum atomic E-state index is -1.55. The van der Waals surface area contributed by atoms with Crippen molar-refractivity contribution in [1.82, 2.24) is 14.9 Å². The molecule has 0 fully saturated rings. The Labute approximate surface area is 216 Å². The van der Waals surface area contributed by atoms with Crippen LogP contribution in [0.2, 0.25) is 0 Å². The summed E-state index contributed by atoms with van der Waals surface area (Å²) in [7, 11) is 0. The number of fused-ring (bicyclic) bond motifs is 3. The largest absolute Gasteiger partial charge is 0.487 e. The highest BCUT2D eigenvalue weighted by Gasteiger charge is 2.41. The maximum absolute atomic E-state index is 15.7. The number of H-pyrrole nitrogens is 1. The zero-order valence-electron chi connectivity index (χ0n) is 20.3. The number of aromatic amines is 1. The number of aromatic nitrogens is 2. The molecule has 1 aliphatic heterocycles. The molecule has 0 saturated carbocycles. The van der Waals surface area contributed by atoms with Crippen molar-refractivity contribution in [3.8, 4) is 5.75 Å². The van der Waals surface area contributed by atoms with Gasteiger partial charge in [0, 0.05) is 46.9 Å². The summed E-state index contributed by atoms with van der Waals surface area (Å²) in [6.45, 7) is 5.03. The molecule has 0 aliphatic carbocycles. The topological polar surface area (TPSA) is 41.1 Å². The van der Waals surface area contributed by atoms with Gasteiger partial charge < -0.3 is 9.72 Å². The fourth-order valence-electron chi connectivity index (χ4n) is 5.09. The highest BCUT2D eigenvalue weighted by molar-refractivity contribution is 9.10. The Kier molecular flexibility index (Phi) is 6.59. The van der Waals surface area contributed by atoms with Gasteiger partial charge in [0.1, 0.15) is 34.3 Å². The molecule has 0 amide bonds. The molecule has 4 aromatic rings. The van der Waals surface area contributed by atoms with E-state index in [1.807, 2.05) is 42.2 Å². The van der Waals surface area contributed by atoms with Crippen molar-refractivity contribution >= 4 is 26.8 Å². The standard InChI is InChI=1S/C28H27BrF3N3O/c1-16-11-20-19-8-4-5-9-23(19)34-26(20)27(35(16)15-28(2,3)32)25-21(30)12-18(13-22(25)31)36-14-17-7-6-10-24(29)33-17/h4-10,12-13,16,27,34H,11,14-15H2,1-3H3/t16-,27+/m1/s1. The van der Waals surface area contributed by atoms with Crippen LogP contribution in [0.25, 0.3) is 10.9 Å². The van der Waals surface area contributed by atoms with Gasteiger partial charge in [-0.25, -0.2) is 18.2 Å². The summed E-state index contributed by atoms with van der Waals surface area (Å²) in [5, 5.41) is 1.02. The van der Waals surface area contributed by atoms with Gasteiger partial charge in [-0.1, -0.05) is 24.3 Å². The van der Waals surface area contributed by atoms with Gasteiger partial charge in [-0.05, 0) is 66.9 Å². The van der Waals surface area contributed by atoms with Crippen LogP contribution < -0.4 is 4.74 Å². The number of ether oxygens (including phenoxy) is 1. The molecule has 2 aromatic heterocycles. The first-order chi connectivity index (χ1) is 17.1. The average Bonchev–Trinajstić information content (AvgIpc) is 3.16. The zero-order valence-corrected chi connectivity index (χ0v) is 21.9. The molecule has 8 heteroatoms. The first-order valence-electron chi connectivity index (χ1n) is 11.9. The van der Waals surface area contributed by atoms with E-state index in [0.717, 1.165) is 16.5 Å². The van der Waals surface area contributed by atoms with Gasteiger partial charge >= 0.3 is 0 Å². The number of hydrogen-bond acceptors (Lipinski definition) is 3. The van der Waals surface area contributed by atoms with E-state index in [9.17, 15) is 4.39 Å². The van der Waals surface area contributed by atoms with Crippen molar-refractivity contribution in [1.29, 1.82) is 0 Å². The molecule has 1 aliphatic rings. The van der Waals surface area contributed by atoms with Crippen LogP contribution in [0.4, 0.5) is 13.2 Å². The maximum Gasteiger partial charge on any atom is 0.135 e. The first kappa shape index (κ1) is 24.8. The van der Waals surface area contributed by atoms with E-state index in [4.69, 9.17) is 4.74 Å². The number of nitrogens with one attached hydrogen (secondary N) is 1. The SMILES string of the molecule is C[C@@H]1Cc2c([nH]c3ccccc23)[C@H](c2c(F)cc(OCc3cccc(Br)n3)cc2F)N1CC(C)(C)F. The average molecular weight is 558 g/mol. The molecule has 0 unspecified atom stereocenters. The lowest BCUT2D eigenvalue weighted by Gasteiger charge is -2.43. The molecule has 2 atom stereocenters. The molecular weight excluding hydrogens is 531 g/mol.